The first-order chi connectivity index (χ1) is 40.5. The topological polar surface area (TPSA) is 78.9 Å². The summed E-state index contributed by atoms with van der Waals surface area (Å²) in [7, 11) is 0. The molecular weight excluding hydrogens is 1010 g/mol. The Labute approximate surface area is 508 Å². The van der Waals surface area contributed by atoms with Crippen molar-refractivity contribution in [3.63, 3.8) is 0 Å². The summed E-state index contributed by atoms with van der Waals surface area (Å²) in [6.07, 6.45) is 95.6. The van der Waals surface area contributed by atoms with Crippen LogP contribution in [-0.4, -0.2) is 37.2 Å². The van der Waals surface area contributed by atoms with Gasteiger partial charge in [0.1, 0.15) is 13.2 Å². The minimum atomic E-state index is -0.779. The molecular formula is C76H130O6. The maximum atomic E-state index is 12.9. The maximum absolute atomic E-state index is 12.9. The summed E-state index contributed by atoms with van der Waals surface area (Å²) in [6, 6.07) is 0. The van der Waals surface area contributed by atoms with Gasteiger partial charge in [0.25, 0.3) is 0 Å². The lowest BCUT2D eigenvalue weighted by molar-refractivity contribution is -0.167. The molecule has 0 heterocycles. The largest absolute Gasteiger partial charge is 0.462 e. The smallest absolute Gasteiger partial charge is 0.306 e. The van der Waals surface area contributed by atoms with E-state index in [2.05, 4.69) is 130 Å². The molecule has 0 radical (unpaired) electrons. The van der Waals surface area contributed by atoms with Crippen LogP contribution in [-0.2, 0) is 28.6 Å². The third kappa shape index (κ3) is 66.9. The van der Waals surface area contributed by atoms with Crippen molar-refractivity contribution in [1.82, 2.24) is 0 Å². The Morgan fingerprint density at radius 3 is 0.744 bits per heavy atom. The van der Waals surface area contributed by atoms with Crippen molar-refractivity contribution in [2.75, 3.05) is 13.2 Å². The fourth-order valence-electron chi connectivity index (χ4n) is 9.81. The van der Waals surface area contributed by atoms with Crippen LogP contribution in [0.5, 0.6) is 0 Å². The molecule has 0 bridgehead atoms. The number of allylic oxidation sites excluding steroid dienone is 18. The highest BCUT2D eigenvalue weighted by Gasteiger charge is 2.19. The minimum Gasteiger partial charge on any atom is -0.462 e. The number of hydrogen-bond donors (Lipinski definition) is 0. The molecule has 0 fully saturated rings. The fraction of sp³-hybridized carbons (Fsp3) is 0.724. The van der Waals surface area contributed by atoms with Gasteiger partial charge in [0.05, 0.1) is 0 Å². The summed E-state index contributed by atoms with van der Waals surface area (Å²) in [5.74, 6) is -0.874. The molecule has 0 aromatic rings. The fourth-order valence-corrected chi connectivity index (χ4v) is 9.81. The van der Waals surface area contributed by atoms with Gasteiger partial charge in [-0.05, 0) is 109 Å². The van der Waals surface area contributed by atoms with E-state index in [9.17, 15) is 14.4 Å². The lowest BCUT2D eigenvalue weighted by Crippen LogP contribution is -2.30. The second-order valence-corrected chi connectivity index (χ2v) is 23.1. The third-order valence-electron chi connectivity index (χ3n) is 15.0. The van der Waals surface area contributed by atoms with E-state index in [-0.39, 0.29) is 31.1 Å². The molecule has 0 aromatic heterocycles. The molecule has 0 amide bonds. The highest BCUT2D eigenvalue weighted by atomic mass is 16.6. The third-order valence-corrected chi connectivity index (χ3v) is 15.0. The van der Waals surface area contributed by atoms with Crippen LogP contribution in [0.25, 0.3) is 0 Å². The second kappa shape index (κ2) is 69.6. The number of esters is 3. The van der Waals surface area contributed by atoms with Gasteiger partial charge in [-0.15, -0.1) is 0 Å². The van der Waals surface area contributed by atoms with Gasteiger partial charge in [-0.2, -0.15) is 0 Å². The summed E-state index contributed by atoms with van der Waals surface area (Å²) in [4.78, 5) is 38.2. The highest BCUT2D eigenvalue weighted by molar-refractivity contribution is 5.71. The molecule has 6 heteroatoms. The number of unbranched alkanes of at least 4 members (excludes halogenated alkanes) is 34. The van der Waals surface area contributed by atoms with Crippen LogP contribution < -0.4 is 0 Å². The monoisotopic (exact) mass is 1140 g/mol. The van der Waals surface area contributed by atoms with Gasteiger partial charge in [-0.25, -0.2) is 0 Å². The van der Waals surface area contributed by atoms with Crippen LogP contribution in [0.4, 0.5) is 0 Å². The van der Waals surface area contributed by atoms with Crippen LogP contribution in [0.1, 0.15) is 335 Å². The molecule has 0 spiro atoms. The van der Waals surface area contributed by atoms with Gasteiger partial charge in [-0.1, -0.05) is 316 Å². The molecule has 0 N–H and O–H groups in total. The van der Waals surface area contributed by atoms with Crippen LogP contribution in [0, 0.1) is 0 Å². The van der Waals surface area contributed by atoms with Crippen molar-refractivity contribution < 1.29 is 28.6 Å². The Morgan fingerprint density at radius 2 is 0.476 bits per heavy atom. The number of carbonyl (C=O) groups excluding carboxylic acids is 3. The van der Waals surface area contributed by atoms with Crippen LogP contribution in [0.2, 0.25) is 0 Å². The van der Waals surface area contributed by atoms with Crippen molar-refractivity contribution in [3.05, 3.63) is 109 Å². The SMILES string of the molecule is CC/C=C\C/C=C\C/C=C\C/C=C\C/C=C\C/C=C\C/C=C\CCCCCCCCCCCCCCCC(=O)OCC(COC(=O)CCCCCCCCCC)OC(=O)CCCCCCCCCCC/C=C\C/C=C\CCCCCCC. The Kier molecular flexibility index (Phi) is 66.2. The standard InChI is InChI=1S/C76H130O6/c1-4-7-10-13-16-19-21-23-25-27-29-31-32-33-34-35-36-37-38-39-40-41-42-43-44-46-47-49-51-53-55-57-60-63-66-69-75(78)81-72-73(71-80-74(77)68-65-62-59-18-15-12-9-6-3)82-76(79)70-67-64-61-58-56-54-52-50-48-45-30-28-26-24-22-20-17-14-11-8-5-2/h7,10,16,19,22-25,28-31,33-34,36-37,39-40,73H,4-6,8-9,11-15,17-18,20-21,26-27,32,35,38,41-72H2,1-3H3/b10-7-,19-16-,24-22-,25-23-,30-28-,31-29-,34-33-,37-36-,40-39-. The zero-order chi connectivity index (χ0) is 59.2. The molecule has 1 atom stereocenters. The van der Waals surface area contributed by atoms with E-state index in [4.69, 9.17) is 14.2 Å². The lowest BCUT2D eigenvalue weighted by Gasteiger charge is -2.18. The van der Waals surface area contributed by atoms with Gasteiger partial charge in [0.15, 0.2) is 6.10 Å². The Balaban J connectivity index is 4.10. The van der Waals surface area contributed by atoms with Crippen LogP contribution >= 0.6 is 0 Å². The average molecular weight is 1140 g/mol. The predicted molar refractivity (Wildman–Crippen MR) is 357 cm³/mol. The molecule has 0 saturated carbocycles. The molecule has 0 aliphatic carbocycles. The summed E-state index contributed by atoms with van der Waals surface area (Å²) in [5, 5.41) is 0. The maximum Gasteiger partial charge on any atom is 0.306 e. The normalized spacial score (nSPS) is 12.8. The summed E-state index contributed by atoms with van der Waals surface area (Å²) in [6.45, 7) is 6.51. The van der Waals surface area contributed by atoms with Gasteiger partial charge >= 0.3 is 17.9 Å². The van der Waals surface area contributed by atoms with Crippen molar-refractivity contribution >= 4 is 17.9 Å². The van der Waals surface area contributed by atoms with Crippen LogP contribution in [0.15, 0.2) is 109 Å². The first kappa shape index (κ1) is 78.1. The number of ether oxygens (including phenoxy) is 3. The van der Waals surface area contributed by atoms with Gasteiger partial charge in [-0.3, -0.25) is 14.4 Å². The number of hydrogen-bond acceptors (Lipinski definition) is 6. The van der Waals surface area contributed by atoms with Crippen molar-refractivity contribution in [1.29, 1.82) is 0 Å². The predicted octanol–water partition coefficient (Wildman–Crippen LogP) is 24.2. The number of carbonyl (C=O) groups is 3. The molecule has 0 aliphatic rings. The van der Waals surface area contributed by atoms with E-state index in [1.54, 1.807) is 0 Å². The van der Waals surface area contributed by atoms with E-state index in [1.165, 1.54) is 186 Å². The molecule has 470 valence electrons. The first-order valence-corrected chi connectivity index (χ1v) is 34.9. The van der Waals surface area contributed by atoms with Gasteiger partial charge in [0, 0.05) is 19.3 Å². The van der Waals surface area contributed by atoms with E-state index in [0.29, 0.717) is 19.3 Å². The van der Waals surface area contributed by atoms with E-state index >= 15 is 0 Å². The Bertz CT molecular complexity index is 1640. The van der Waals surface area contributed by atoms with E-state index < -0.39 is 6.10 Å². The highest BCUT2D eigenvalue weighted by Crippen LogP contribution is 2.17. The van der Waals surface area contributed by atoms with Gasteiger partial charge in [0.2, 0.25) is 0 Å². The lowest BCUT2D eigenvalue weighted by atomic mass is 10.0. The van der Waals surface area contributed by atoms with Crippen molar-refractivity contribution in [2.24, 2.45) is 0 Å². The molecule has 1 unspecified atom stereocenters. The van der Waals surface area contributed by atoms with Gasteiger partial charge < -0.3 is 14.2 Å². The van der Waals surface area contributed by atoms with Crippen molar-refractivity contribution in [3.8, 4) is 0 Å². The summed E-state index contributed by atoms with van der Waals surface area (Å²) < 4.78 is 16.9. The van der Waals surface area contributed by atoms with Crippen LogP contribution in [0.3, 0.4) is 0 Å². The Morgan fingerprint density at radius 1 is 0.256 bits per heavy atom. The summed E-state index contributed by atoms with van der Waals surface area (Å²) in [5.41, 5.74) is 0. The zero-order valence-corrected chi connectivity index (χ0v) is 54.0. The molecule has 0 rings (SSSR count). The number of rotatable bonds is 63. The van der Waals surface area contributed by atoms with Crippen molar-refractivity contribution in [2.45, 2.75) is 341 Å². The molecule has 0 aromatic carbocycles. The van der Waals surface area contributed by atoms with E-state index in [1.807, 2.05) is 0 Å². The quantitative estimate of drug-likeness (QED) is 0.0261. The zero-order valence-electron chi connectivity index (χ0n) is 54.0. The second-order valence-electron chi connectivity index (χ2n) is 23.1. The van der Waals surface area contributed by atoms with E-state index in [0.717, 1.165) is 109 Å². The molecule has 6 nitrogen and oxygen atoms in total. The summed E-state index contributed by atoms with van der Waals surface area (Å²) >= 11 is 0. The molecule has 0 saturated heterocycles. The first-order valence-electron chi connectivity index (χ1n) is 34.9. The average Bonchev–Trinajstić information content (AvgIpc) is 3.47. The molecule has 0 aliphatic heterocycles. The minimum absolute atomic E-state index is 0.0764. The molecule has 82 heavy (non-hydrogen) atoms. The Hall–Kier alpha value is -3.93.